The lowest BCUT2D eigenvalue weighted by Crippen LogP contribution is -2.31. The van der Waals surface area contributed by atoms with E-state index >= 15 is 0 Å². The second kappa shape index (κ2) is 7.68. The van der Waals surface area contributed by atoms with Crippen LogP contribution in [0.3, 0.4) is 0 Å². The molecule has 0 bridgehead atoms. The molecule has 1 aromatic carbocycles. The molecule has 0 saturated carbocycles. The normalized spacial score (nSPS) is 10.8. The SMILES string of the molecule is CCN(Cc1cccs1)C(=O)c1cnc(SC)n1-c1ccccc1. The van der Waals surface area contributed by atoms with E-state index < -0.39 is 0 Å². The van der Waals surface area contributed by atoms with E-state index in [-0.39, 0.29) is 5.91 Å². The van der Waals surface area contributed by atoms with Crippen LogP contribution >= 0.6 is 23.1 Å². The molecule has 3 aromatic rings. The maximum absolute atomic E-state index is 13.1. The summed E-state index contributed by atoms with van der Waals surface area (Å²) >= 11 is 3.21. The number of hydrogen-bond donors (Lipinski definition) is 0. The van der Waals surface area contributed by atoms with Crippen molar-refractivity contribution >= 4 is 29.0 Å². The molecule has 1 amide bonds. The summed E-state index contributed by atoms with van der Waals surface area (Å²) in [5.74, 6) is 0.00236. The molecular weight excluding hydrogens is 338 g/mol. The Bertz CT molecular complexity index is 797. The lowest BCUT2D eigenvalue weighted by molar-refractivity contribution is 0.0745. The molecule has 0 atom stereocenters. The van der Waals surface area contributed by atoms with Crippen LogP contribution in [0.2, 0.25) is 0 Å². The third-order valence-corrected chi connectivity index (χ3v) is 5.26. The van der Waals surface area contributed by atoms with Crippen molar-refractivity contribution in [3.8, 4) is 5.69 Å². The predicted octanol–water partition coefficient (Wildman–Crippen LogP) is 4.32. The Kier molecular flexibility index (Phi) is 5.37. The van der Waals surface area contributed by atoms with Gasteiger partial charge in [0.1, 0.15) is 5.69 Å². The van der Waals surface area contributed by atoms with Crippen molar-refractivity contribution in [3.63, 3.8) is 0 Å². The molecule has 6 heteroatoms. The van der Waals surface area contributed by atoms with Crippen LogP contribution in [0.5, 0.6) is 0 Å². The van der Waals surface area contributed by atoms with Gasteiger partial charge in [-0.1, -0.05) is 36.0 Å². The first-order valence-electron chi connectivity index (χ1n) is 7.73. The maximum Gasteiger partial charge on any atom is 0.272 e. The number of carbonyl (C=O) groups excluding carboxylic acids is 1. The van der Waals surface area contributed by atoms with Crippen molar-refractivity contribution in [2.75, 3.05) is 12.8 Å². The monoisotopic (exact) mass is 357 g/mol. The van der Waals surface area contributed by atoms with E-state index in [2.05, 4.69) is 11.1 Å². The molecule has 0 radical (unpaired) electrons. The molecule has 3 rings (SSSR count). The van der Waals surface area contributed by atoms with Gasteiger partial charge in [0.15, 0.2) is 5.16 Å². The predicted molar refractivity (Wildman–Crippen MR) is 100 cm³/mol. The average Bonchev–Trinajstić information content (AvgIpc) is 3.29. The molecule has 4 nitrogen and oxygen atoms in total. The van der Waals surface area contributed by atoms with Gasteiger partial charge in [-0.15, -0.1) is 11.3 Å². The number of nitrogens with zero attached hydrogens (tertiary/aromatic N) is 3. The van der Waals surface area contributed by atoms with Gasteiger partial charge in [-0.2, -0.15) is 0 Å². The number of para-hydroxylation sites is 1. The van der Waals surface area contributed by atoms with Crippen molar-refractivity contribution in [1.29, 1.82) is 0 Å². The molecule has 0 spiro atoms. The van der Waals surface area contributed by atoms with Crippen LogP contribution < -0.4 is 0 Å². The Morgan fingerprint density at radius 3 is 2.67 bits per heavy atom. The number of benzene rings is 1. The average molecular weight is 358 g/mol. The smallest absolute Gasteiger partial charge is 0.272 e. The van der Waals surface area contributed by atoms with E-state index in [1.807, 2.05) is 64.4 Å². The summed E-state index contributed by atoms with van der Waals surface area (Å²) < 4.78 is 1.93. The van der Waals surface area contributed by atoms with Crippen LogP contribution in [0, 0.1) is 0 Å². The quantitative estimate of drug-likeness (QED) is 0.617. The van der Waals surface area contributed by atoms with Gasteiger partial charge < -0.3 is 4.90 Å². The van der Waals surface area contributed by atoms with E-state index in [1.54, 1.807) is 17.5 Å². The molecule has 24 heavy (non-hydrogen) atoms. The Hall–Kier alpha value is -2.05. The van der Waals surface area contributed by atoms with E-state index in [0.29, 0.717) is 18.8 Å². The summed E-state index contributed by atoms with van der Waals surface area (Å²) in [5.41, 5.74) is 1.55. The van der Waals surface area contributed by atoms with Gasteiger partial charge in [0.2, 0.25) is 0 Å². The minimum atomic E-state index is 0.00236. The van der Waals surface area contributed by atoms with Crippen LogP contribution in [0.1, 0.15) is 22.3 Å². The summed E-state index contributed by atoms with van der Waals surface area (Å²) in [5, 5.41) is 2.85. The van der Waals surface area contributed by atoms with Crippen LogP contribution in [-0.4, -0.2) is 33.2 Å². The zero-order chi connectivity index (χ0) is 16.9. The second-order valence-corrected chi connectivity index (χ2v) is 7.01. The molecule has 2 heterocycles. The fourth-order valence-electron chi connectivity index (χ4n) is 2.54. The first kappa shape index (κ1) is 16.8. The number of imidazole rings is 1. The standard InChI is InChI=1S/C18H19N3OS2/c1-3-20(13-15-10-7-11-24-15)17(22)16-12-19-18(23-2)21(16)14-8-5-4-6-9-14/h4-12H,3,13H2,1-2H3. The second-order valence-electron chi connectivity index (χ2n) is 5.20. The Balaban J connectivity index is 1.96. The zero-order valence-corrected chi connectivity index (χ0v) is 15.3. The number of hydrogen-bond acceptors (Lipinski definition) is 4. The van der Waals surface area contributed by atoms with Gasteiger partial charge in [0.25, 0.3) is 5.91 Å². The molecular formula is C18H19N3OS2. The summed E-state index contributed by atoms with van der Waals surface area (Å²) in [6.07, 6.45) is 3.65. The van der Waals surface area contributed by atoms with Crippen LogP contribution in [0.15, 0.2) is 59.2 Å². The number of rotatable bonds is 6. The fourth-order valence-corrected chi connectivity index (χ4v) is 3.80. The third kappa shape index (κ3) is 3.39. The molecule has 0 saturated heterocycles. The molecule has 0 unspecified atom stereocenters. The number of thiophene rings is 1. The number of carbonyl (C=O) groups is 1. The largest absolute Gasteiger partial charge is 0.332 e. The minimum absolute atomic E-state index is 0.00236. The topological polar surface area (TPSA) is 38.1 Å². The van der Waals surface area contributed by atoms with Crippen molar-refractivity contribution in [3.05, 3.63) is 64.6 Å². The molecule has 0 fully saturated rings. The molecule has 124 valence electrons. The highest BCUT2D eigenvalue weighted by atomic mass is 32.2. The highest BCUT2D eigenvalue weighted by molar-refractivity contribution is 7.98. The van der Waals surface area contributed by atoms with Crippen LogP contribution in [-0.2, 0) is 6.54 Å². The molecule has 0 aliphatic rings. The van der Waals surface area contributed by atoms with Crippen molar-refractivity contribution in [1.82, 2.24) is 14.5 Å². The summed E-state index contributed by atoms with van der Waals surface area (Å²) in [6, 6.07) is 14.0. The van der Waals surface area contributed by atoms with Gasteiger partial charge >= 0.3 is 0 Å². The number of aromatic nitrogens is 2. The lowest BCUT2D eigenvalue weighted by Gasteiger charge is -2.21. The first-order valence-corrected chi connectivity index (χ1v) is 9.83. The summed E-state index contributed by atoms with van der Waals surface area (Å²) in [7, 11) is 0. The highest BCUT2D eigenvalue weighted by Crippen LogP contribution is 2.23. The van der Waals surface area contributed by atoms with E-state index in [0.717, 1.165) is 10.8 Å². The van der Waals surface area contributed by atoms with Gasteiger partial charge in [-0.25, -0.2) is 4.98 Å². The van der Waals surface area contributed by atoms with E-state index in [4.69, 9.17) is 0 Å². The van der Waals surface area contributed by atoms with E-state index in [9.17, 15) is 4.79 Å². The van der Waals surface area contributed by atoms with Gasteiger partial charge in [0.05, 0.1) is 12.7 Å². The molecule has 0 N–H and O–H groups in total. The fraction of sp³-hybridized carbons (Fsp3) is 0.222. The van der Waals surface area contributed by atoms with E-state index in [1.165, 1.54) is 16.6 Å². The number of amides is 1. The van der Waals surface area contributed by atoms with Gasteiger partial charge in [0, 0.05) is 17.1 Å². The highest BCUT2D eigenvalue weighted by Gasteiger charge is 2.22. The Labute approximate surface area is 150 Å². The van der Waals surface area contributed by atoms with Gasteiger partial charge in [-0.05, 0) is 36.8 Å². The summed E-state index contributed by atoms with van der Waals surface area (Å²) in [6.45, 7) is 3.29. The molecule has 0 aliphatic carbocycles. The maximum atomic E-state index is 13.1. The number of thioether (sulfide) groups is 1. The van der Waals surface area contributed by atoms with Crippen LogP contribution in [0.25, 0.3) is 5.69 Å². The lowest BCUT2D eigenvalue weighted by atomic mass is 10.3. The molecule has 0 aliphatic heterocycles. The van der Waals surface area contributed by atoms with Crippen LogP contribution in [0.4, 0.5) is 0 Å². The zero-order valence-electron chi connectivity index (χ0n) is 13.7. The minimum Gasteiger partial charge on any atom is -0.332 e. The first-order chi connectivity index (χ1) is 11.7. The van der Waals surface area contributed by atoms with Crippen molar-refractivity contribution in [2.24, 2.45) is 0 Å². The van der Waals surface area contributed by atoms with Crippen molar-refractivity contribution < 1.29 is 4.79 Å². The molecule has 2 aromatic heterocycles. The third-order valence-electron chi connectivity index (χ3n) is 3.74. The Morgan fingerprint density at radius 2 is 2.04 bits per heavy atom. The Morgan fingerprint density at radius 1 is 1.25 bits per heavy atom. The van der Waals surface area contributed by atoms with Crippen molar-refractivity contribution in [2.45, 2.75) is 18.6 Å². The van der Waals surface area contributed by atoms with Gasteiger partial charge in [-0.3, -0.25) is 9.36 Å². The summed E-state index contributed by atoms with van der Waals surface area (Å²) in [4.78, 5) is 20.5.